The Morgan fingerprint density at radius 2 is 1.96 bits per heavy atom. The number of carbonyl (C=O) groups excluding carboxylic acids is 1. The molecule has 0 aromatic heterocycles. The number of hydrogen-bond donors (Lipinski definition) is 1. The first-order valence-corrected chi connectivity index (χ1v) is 9.69. The molecule has 3 aliphatic rings. The van der Waals surface area contributed by atoms with Crippen LogP contribution in [0.5, 0.6) is 0 Å². The van der Waals surface area contributed by atoms with Gasteiger partial charge in [-0.1, -0.05) is 13.3 Å². The molecule has 1 aliphatic carbocycles. The van der Waals surface area contributed by atoms with Crippen LogP contribution in [0.15, 0.2) is 4.99 Å². The Hall–Kier alpha value is -1.30. The lowest BCUT2D eigenvalue weighted by Crippen LogP contribution is -2.55. The summed E-state index contributed by atoms with van der Waals surface area (Å²) < 4.78 is 5.54. The highest BCUT2D eigenvalue weighted by atomic mass is 16.5. The Morgan fingerprint density at radius 3 is 2.58 bits per heavy atom. The van der Waals surface area contributed by atoms with Crippen molar-refractivity contribution in [3.05, 3.63) is 0 Å². The van der Waals surface area contributed by atoms with E-state index < -0.39 is 0 Å². The summed E-state index contributed by atoms with van der Waals surface area (Å²) in [5.74, 6) is 2.03. The van der Waals surface area contributed by atoms with E-state index in [1.54, 1.807) is 0 Å². The van der Waals surface area contributed by atoms with Gasteiger partial charge >= 0.3 is 0 Å². The number of nitrogens with zero attached hydrogens (tertiary/aromatic N) is 3. The van der Waals surface area contributed by atoms with Gasteiger partial charge in [-0.2, -0.15) is 0 Å². The summed E-state index contributed by atoms with van der Waals surface area (Å²) in [6.07, 6.45) is 5.53. The summed E-state index contributed by atoms with van der Waals surface area (Å²) >= 11 is 0. The second-order valence-electron chi connectivity index (χ2n) is 7.15. The Kier molecular flexibility index (Phi) is 5.98. The van der Waals surface area contributed by atoms with Gasteiger partial charge in [-0.15, -0.1) is 0 Å². The van der Waals surface area contributed by atoms with Crippen molar-refractivity contribution in [2.45, 2.75) is 58.1 Å². The molecular formula is C18H32N4O2. The third-order valence-corrected chi connectivity index (χ3v) is 5.30. The number of piperazine rings is 1. The molecule has 0 radical (unpaired) electrons. The molecule has 3 unspecified atom stereocenters. The quantitative estimate of drug-likeness (QED) is 0.610. The van der Waals surface area contributed by atoms with E-state index >= 15 is 0 Å². The summed E-state index contributed by atoms with van der Waals surface area (Å²) in [6.45, 7) is 9.11. The van der Waals surface area contributed by atoms with Gasteiger partial charge in [0.05, 0.1) is 0 Å². The van der Waals surface area contributed by atoms with Crippen molar-refractivity contribution in [2.75, 3.05) is 39.3 Å². The van der Waals surface area contributed by atoms with E-state index in [9.17, 15) is 4.79 Å². The summed E-state index contributed by atoms with van der Waals surface area (Å²) in [7, 11) is 0. The zero-order valence-corrected chi connectivity index (χ0v) is 15.2. The summed E-state index contributed by atoms with van der Waals surface area (Å²) in [5.41, 5.74) is 0. The highest BCUT2D eigenvalue weighted by Gasteiger charge is 2.38. The molecule has 1 amide bonds. The predicted molar refractivity (Wildman–Crippen MR) is 95.0 cm³/mol. The average Bonchev–Trinajstić information content (AvgIpc) is 3.11. The summed E-state index contributed by atoms with van der Waals surface area (Å²) in [6, 6.07) is 0.599. The second kappa shape index (κ2) is 8.19. The number of hydrogen-bond acceptors (Lipinski definition) is 3. The largest absolute Gasteiger partial charge is 0.368 e. The lowest BCUT2D eigenvalue weighted by molar-refractivity contribution is -0.142. The lowest BCUT2D eigenvalue weighted by Gasteiger charge is -2.37. The molecule has 0 bridgehead atoms. The highest BCUT2D eigenvalue weighted by molar-refractivity contribution is 5.83. The van der Waals surface area contributed by atoms with Crippen LogP contribution in [0.3, 0.4) is 0 Å². The minimum atomic E-state index is -0.195. The van der Waals surface area contributed by atoms with Crippen molar-refractivity contribution >= 4 is 11.9 Å². The molecule has 0 aromatic rings. The number of aliphatic imine (C=N–C) groups is 1. The molecule has 6 nitrogen and oxygen atoms in total. The molecule has 2 saturated heterocycles. The maximum absolute atomic E-state index is 12.4. The first kappa shape index (κ1) is 17.5. The fraction of sp³-hybridized carbons (Fsp3) is 0.889. The van der Waals surface area contributed by atoms with Gasteiger partial charge < -0.3 is 19.9 Å². The molecule has 1 N–H and O–H groups in total. The SMILES string of the molecule is CCCC1CC1NC(=NCC)N1CCN(C(=O)C2CCCO2)CC1. The maximum Gasteiger partial charge on any atom is 0.251 e. The van der Waals surface area contributed by atoms with Gasteiger partial charge in [-0.3, -0.25) is 9.79 Å². The zero-order valence-electron chi connectivity index (χ0n) is 15.2. The molecule has 24 heavy (non-hydrogen) atoms. The smallest absolute Gasteiger partial charge is 0.251 e. The Bertz CT molecular complexity index is 454. The highest BCUT2D eigenvalue weighted by Crippen LogP contribution is 2.34. The van der Waals surface area contributed by atoms with E-state index in [4.69, 9.17) is 4.74 Å². The minimum Gasteiger partial charge on any atom is -0.368 e. The van der Waals surface area contributed by atoms with E-state index in [-0.39, 0.29) is 12.0 Å². The van der Waals surface area contributed by atoms with Crippen LogP contribution < -0.4 is 5.32 Å². The summed E-state index contributed by atoms with van der Waals surface area (Å²) in [4.78, 5) is 21.4. The molecule has 136 valence electrons. The van der Waals surface area contributed by atoms with Crippen molar-refractivity contribution in [1.29, 1.82) is 0 Å². The van der Waals surface area contributed by atoms with Gasteiger partial charge in [-0.05, 0) is 38.5 Å². The van der Waals surface area contributed by atoms with Gasteiger partial charge in [0.15, 0.2) is 5.96 Å². The van der Waals surface area contributed by atoms with Crippen LogP contribution in [0, 0.1) is 5.92 Å². The third-order valence-electron chi connectivity index (χ3n) is 5.30. The molecular weight excluding hydrogens is 304 g/mol. The normalized spacial score (nSPS) is 30.6. The fourth-order valence-corrected chi connectivity index (χ4v) is 3.78. The standard InChI is InChI=1S/C18H32N4O2/c1-3-6-14-13-15(14)20-18(19-4-2)22-10-8-21(9-11-22)17(23)16-7-5-12-24-16/h14-16H,3-13H2,1-2H3,(H,19,20). The molecule has 1 saturated carbocycles. The Balaban J connectivity index is 1.48. The van der Waals surface area contributed by atoms with Crippen LogP contribution in [0.4, 0.5) is 0 Å². The molecule has 2 heterocycles. The third kappa shape index (κ3) is 4.21. The molecule has 3 fully saturated rings. The van der Waals surface area contributed by atoms with E-state index in [1.807, 2.05) is 4.90 Å². The molecule has 0 aromatic carbocycles. The average molecular weight is 336 g/mol. The number of rotatable bonds is 5. The van der Waals surface area contributed by atoms with E-state index in [0.29, 0.717) is 6.04 Å². The van der Waals surface area contributed by atoms with E-state index in [1.165, 1.54) is 19.3 Å². The lowest BCUT2D eigenvalue weighted by atomic mass is 10.2. The van der Waals surface area contributed by atoms with Gasteiger partial charge in [-0.25, -0.2) is 0 Å². The van der Waals surface area contributed by atoms with Crippen LogP contribution in [-0.2, 0) is 9.53 Å². The zero-order chi connectivity index (χ0) is 16.9. The van der Waals surface area contributed by atoms with Crippen molar-refractivity contribution < 1.29 is 9.53 Å². The molecule has 6 heteroatoms. The molecule has 3 rings (SSSR count). The Labute approximate surface area is 145 Å². The first-order valence-electron chi connectivity index (χ1n) is 9.69. The van der Waals surface area contributed by atoms with E-state index in [2.05, 4.69) is 29.1 Å². The van der Waals surface area contributed by atoms with E-state index in [0.717, 1.165) is 64.0 Å². The van der Waals surface area contributed by atoms with Gasteiger partial charge in [0.1, 0.15) is 6.10 Å². The molecule has 0 spiro atoms. The number of guanidine groups is 1. The van der Waals surface area contributed by atoms with Crippen molar-refractivity contribution in [2.24, 2.45) is 10.9 Å². The fourth-order valence-electron chi connectivity index (χ4n) is 3.78. The number of amides is 1. The van der Waals surface area contributed by atoms with Crippen LogP contribution in [0.2, 0.25) is 0 Å². The predicted octanol–water partition coefficient (Wildman–Crippen LogP) is 1.46. The van der Waals surface area contributed by atoms with Crippen LogP contribution in [0.25, 0.3) is 0 Å². The van der Waals surface area contributed by atoms with Crippen LogP contribution in [-0.4, -0.2) is 73.1 Å². The van der Waals surface area contributed by atoms with Gasteiger partial charge in [0, 0.05) is 45.4 Å². The van der Waals surface area contributed by atoms with Crippen molar-refractivity contribution in [1.82, 2.24) is 15.1 Å². The minimum absolute atomic E-state index is 0.180. The topological polar surface area (TPSA) is 57.2 Å². The number of ether oxygens (including phenoxy) is 1. The first-order chi connectivity index (χ1) is 11.7. The van der Waals surface area contributed by atoms with Crippen LogP contribution in [0.1, 0.15) is 46.0 Å². The number of carbonyl (C=O) groups is 1. The maximum atomic E-state index is 12.4. The molecule has 3 atom stereocenters. The van der Waals surface area contributed by atoms with Crippen molar-refractivity contribution in [3.63, 3.8) is 0 Å². The van der Waals surface area contributed by atoms with Gasteiger partial charge in [0.2, 0.25) is 0 Å². The van der Waals surface area contributed by atoms with Crippen molar-refractivity contribution in [3.8, 4) is 0 Å². The number of nitrogens with one attached hydrogen (secondary N) is 1. The second-order valence-corrected chi connectivity index (χ2v) is 7.15. The monoisotopic (exact) mass is 336 g/mol. The van der Waals surface area contributed by atoms with Crippen LogP contribution >= 0.6 is 0 Å². The summed E-state index contributed by atoms with van der Waals surface area (Å²) in [5, 5.41) is 3.64. The Morgan fingerprint density at radius 1 is 1.21 bits per heavy atom. The molecule has 2 aliphatic heterocycles. The van der Waals surface area contributed by atoms with Gasteiger partial charge in [0.25, 0.3) is 5.91 Å².